The van der Waals surface area contributed by atoms with Gasteiger partial charge in [0.1, 0.15) is 9.88 Å². The fourth-order valence-corrected chi connectivity index (χ4v) is 3.69. The summed E-state index contributed by atoms with van der Waals surface area (Å²) >= 11 is 2.98. The van der Waals surface area contributed by atoms with Crippen LogP contribution >= 0.6 is 22.7 Å². The highest BCUT2D eigenvalue weighted by molar-refractivity contribution is 7.17. The van der Waals surface area contributed by atoms with Crippen LogP contribution in [0.1, 0.15) is 27.8 Å². The Morgan fingerprint density at radius 3 is 2.83 bits per heavy atom. The van der Waals surface area contributed by atoms with Gasteiger partial charge in [-0.05, 0) is 23.4 Å². The molecule has 0 aliphatic carbocycles. The van der Waals surface area contributed by atoms with Crippen LogP contribution in [0.3, 0.4) is 0 Å². The van der Waals surface area contributed by atoms with Gasteiger partial charge in [0, 0.05) is 17.5 Å². The number of hydrogen-bond acceptors (Lipinski definition) is 5. The van der Waals surface area contributed by atoms with Crippen LogP contribution in [-0.2, 0) is 0 Å². The highest BCUT2D eigenvalue weighted by atomic mass is 32.1. The summed E-state index contributed by atoms with van der Waals surface area (Å²) in [5, 5.41) is 17.8. The Labute approximate surface area is 142 Å². The third-order valence-electron chi connectivity index (χ3n) is 3.39. The normalized spacial score (nSPS) is 12.0. The minimum absolute atomic E-state index is 0.149. The van der Waals surface area contributed by atoms with E-state index in [9.17, 15) is 9.90 Å². The highest BCUT2D eigenvalue weighted by Crippen LogP contribution is 2.26. The first-order valence-corrected chi connectivity index (χ1v) is 8.99. The number of rotatable bonds is 6. The Morgan fingerprint density at radius 2 is 2.09 bits per heavy atom. The number of aromatic nitrogens is 1. The lowest BCUT2D eigenvalue weighted by atomic mass is 10.1. The van der Waals surface area contributed by atoms with Crippen molar-refractivity contribution in [3.05, 3.63) is 63.8 Å². The first kappa shape index (κ1) is 15.9. The van der Waals surface area contributed by atoms with Crippen molar-refractivity contribution in [3.8, 4) is 10.6 Å². The Morgan fingerprint density at radius 1 is 1.26 bits per heavy atom. The summed E-state index contributed by atoms with van der Waals surface area (Å²) < 4.78 is 0. The number of nitrogens with one attached hydrogen (secondary N) is 1. The highest BCUT2D eigenvalue weighted by Gasteiger charge is 2.13. The number of carbonyl (C=O) groups excluding carboxylic acids is 1. The van der Waals surface area contributed by atoms with Gasteiger partial charge in [-0.15, -0.1) is 11.3 Å². The maximum Gasteiger partial charge on any atom is 0.263 e. The van der Waals surface area contributed by atoms with Crippen molar-refractivity contribution in [1.29, 1.82) is 0 Å². The van der Waals surface area contributed by atoms with Crippen molar-refractivity contribution in [3.63, 3.8) is 0 Å². The number of nitrogens with zero attached hydrogens (tertiary/aromatic N) is 1. The summed E-state index contributed by atoms with van der Waals surface area (Å²) in [4.78, 5) is 17.0. The molecule has 0 aliphatic heterocycles. The predicted molar refractivity (Wildman–Crippen MR) is 93.8 cm³/mol. The second-order valence-corrected chi connectivity index (χ2v) is 6.82. The SMILES string of the molecule is O=C(NCCC(O)c1ccccc1)c1cnc(-c2ccsc2)s1. The fourth-order valence-electron chi connectivity index (χ4n) is 2.15. The van der Waals surface area contributed by atoms with E-state index >= 15 is 0 Å². The number of aliphatic hydroxyl groups is 1. The molecule has 1 amide bonds. The van der Waals surface area contributed by atoms with E-state index in [4.69, 9.17) is 0 Å². The molecule has 2 N–H and O–H groups in total. The molecule has 1 aromatic carbocycles. The zero-order valence-electron chi connectivity index (χ0n) is 12.3. The molecule has 1 unspecified atom stereocenters. The first-order valence-electron chi connectivity index (χ1n) is 7.23. The van der Waals surface area contributed by atoms with E-state index in [0.717, 1.165) is 16.1 Å². The summed E-state index contributed by atoms with van der Waals surface area (Å²) in [6, 6.07) is 11.4. The Hall–Kier alpha value is -2.02. The number of thiazole rings is 1. The van der Waals surface area contributed by atoms with Gasteiger partial charge in [-0.1, -0.05) is 30.3 Å². The van der Waals surface area contributed by atoms with Gasteiger partial charge in [-0.3, -0.25) is 4.79 Å². The molecule has 0 bridgehead atoms. The summed E-state index contributed by atoms with van der Waals surface area (Å²) in [6.07, 6.45) is 1.51. The molecule has 0 saturated heterocycles. The topological polar surface area (TPSA) is 62.2 Å². The van der Waals surface area contributed by atoms with Crippen molar-refractivity contribution < 1.29 is 9.90 Å². The van der Waals surface area contributed by atoms with E-state index in [1.165, 1.54) is 11.3 Å². The average Bonchev–Trinajstić information content (AvgIpc) is 3.26. The van der Waals surface area contributed by atoms with Gasteiger partial charge in [-0.25, -0.2) is 4.98 Å². The monoisotopic (exact) mass is 344 g/mol. The molecule has 4 nitrogen and oxygen atoms in total. The number of amides is 1. The number of thiophene rings is 1. The van der Waals surface area contributed by atoms with E-state index in [1.54, 1.807) is 17.5 Å². The van der Waals surface area contributed by atoms with Crippen LogP contribution in [-0.4, -0.2) is 22.5 Å². The van der Waals surface area contributed by atoms with Gasteiger partial charge in [-0.2, -0.15) is 11.3 Å². The zero-order chi connectivity index (χ0) is 16.1. The number of carbonyl (C=O) groups is 1. The quantitative estimate of drug-likeness (QED) is 0.716. The van der Waals surface area contributed by atoms with Gasteiger partial charge in [0.05, 0.1) is 12.3 Å². The molecule has 0 aliphatic rings. The Bertz CT molecular complexity index is 754. The molecule has 0 radical (unpaired) electrons. The molecule has 3 aromatic rings. The van der Waals surface area contributed by atoms with Gasteiger partial charge in [0.25, 0.3) is 5.91 Å². The molecule has 2 heterocycles. The van der Waals surface area contributed by atoms with Gasteiger partial charge >= 0.3 is 0 Å². The Kier molecular flexibility index (Phi) is 5.17. The summed E-state index contributed by atoms with van der Waals surface area (Å²) in [5.74, 6) is -0.149. The van der Waals surface area contributed by atoms with E-state index in [-0.39, 0.29) is 5.91 Å². The van der Waals surface area contributed by atoms with Crippen molar-refractivity contribution in [2.24, 2.45) is 0 Å². The maximum atomic E-state index is 12.1. The zero-order valence-corrected chi connectivity index (χ0v) is 13.9. The van der Waals surface area contributed by atoms with Crippen LogP contribution < -0.4 is 5.32 Å². The number of aliphatic hydroxyl groups excluding tert-OH is 1. The van der Waals surface area contributed by atoms with E-state index in [2.05, 4.69) is 10.3 Å². The van der Waals surface area contributed by atoms with Crippen LogP contribution in [0.4, 0.5) is 0 Å². The van der Waals surface area contributed by atoms with E-state index in [0.29, 0.717) is 17.8 Å². The van der Waals surface area contributed by atoms with Crippen LogP contribution in [0.15, 0.2) is 53.4 Å². The first-order chi connectivity index (χ1) is 11.2. The van der Waals surface area contributed by atoms with Crippen LogP contribution in [0.5, 0.6) is 0 Å². The van der Waals surface area contributed by atoms with Crippen molar-refractivity contribution in [1.82, 2.24) is 10.3 Å². The average molecular weight is 344 g/mol. The van der Waals surface area contributed by atoms with Crippen molar-refractivity contribution in [2.75, 3.05) is 6.54 Å². The third kappa shape index (κ3) is 4.04. The molecule has 0 saturated carbocycles. The summed E-state index contributed by atoms with van der Waals surface area (Å²) in [6.45, 7) is 0.417. The van der Waals surface area contributed by atoms with E-state index in [1.807, 2.05) is 47.2 Å². The lowest BCUT2D eigenvalue weighted by molar-refractivity contribution is 0.0946. The van der Waals surface area contributed by atoms with Crippen molar-refractivity contribution in [2.45, 2.75) is 12.5 Å². The fraction of sp³-hybridized carbons (Fsp3) is 0.176. The second kappa shape index (κ2) is 7.50. The molecule has 1 atom stereocenters. The largest absolute Gasteiger partial charge is 0.388 e. The van der Waals surface area contributed by atoms with Crippen molar-refractivity contribution >= 4 is 28.6 Å². The second-order valence-electron chi connectivity index (χ2n) is 5.01. The Balaban J connectivity index is 1.52. The summed E-state index contributed by atoms with van der Waals surface area (Å²) in [7, 11) is 0. The minimum atomic E-state index is -0.570. The van der Waals surface area contributed by atoms with Gasteiger partial charge in [0.15, 0.2) is 0 Å². The third-order valence-corrected chi connectivity index (χ3v) is 5.11. The molecular formula is C17H16N2O2S2. The van der Waals surface area contributed by atoms with Crippen LogP contribution in [0.25, 0.3) is 10.6 Å². The lowest BCUT2D eigenvalue weighted by Crippen LogP contribution is -2.24. The molecule has 0 fully saturated rings. The number of hydrogen-bond donors (Lipinski definition) is 2. The number of benzene rings is 1. The molecule has 3 rings (SSSR count). The molecule has 2 aromatic heterocycles. The molecule has 0 spiro atoms. The summed E-state index contributed by atoms with van der Waals surface area (Å²) in [5.41, 5.74) is 1.90. The predicted octanol–water partition coefficient (Wildman–Crippen LogP) is 3.73. The maximum absolute atomic E-state index is 12.1. The van der Waals surface area contributed by atoms with E-state index < -0.39 is 6.10 Å². The standard InChI is InChI=1S/C17H16N2O2S2/c20-14(12-4-2-1-3-5-12)6-8-18-16(21)15-10-19-17(23-15)13-7-9-22-11-13/h1-5,7,9-11,14,20H,6,8H2,(H,18,21). The lowest BCUT2D eigenvalue weighted by Gasteiger charge is -2.11. The smallest absolute Gasteiger partial charge is 0.263 e. The minimum Gasteiger partial charge on any atom is -0.388 e. The van der Waals surface area contributed by atoms with Crippen LogP contribution in [0, 0.1) is 0 Å². The molecule has 6 heteroatoms. The molecule has 23 heavy (non-hydrogen) atoms. The molecular weight excluding hydrogens is 328 g/mol. The molecule has 118 valence electrons. The van der Waals surface area contributed by atoms with Gasteiger partial charge in [0.2, 0.25) is 0 Å². The van der Waals surface area contributed by atoms with Gasteiger partial charge < -0.3 is 10.4 Å². The van der Waals surface area contributed by atoms with Crippen LogP contribution in [0.2, 0.25) is 0 Å².